The highest BCUT2D eigenvalue weighted by molar-refractivity contribution is 6.44. The van der Waals surface area contributed by atoms with E-state index in [1.54, 1.807) is 31.4 Å². The number of nitrogens with one attached hydrogen (secondary N) is 1. The fourth-order valence-electron chi connectivity index (χ4n) is 2.64. The molecule has 0 bridgehead atoms. The van der Waals surface area contributed by atoms with Crippen molar-refractivity contribution in [3.05, 3.63) is 90.5 Å². The predicted molar refractivity (Wildman–Crippen MR) is 106 cm³/mol. The van der Waals surface area contributed by atoms with Crippen LogP contribution >= 0.6 is 0 Å². The Labute approximate surface area is 158 Å². The van der Waals surface area contributed by atoms with E-state index in [0.717, 1.165) is 5.56 Å². The van der Waals surface area contributed by atoms with E-state index in [1.807, 2.05) is 60.7 Å². The summed E-state index contributed by atoms with van der Waals surface area (Å²) in [5.41, 5.74) is 2.13. The fourth-order valence-corrected chi connectivity index (χ4v) is 2.64. The van der Waals surface area contributed by atoms with E-state index >= 15 is 0 Å². The van der Waals surface area contributed by atoms with Gasteiger partial charge in [0.2, 0.25) is 0 Å². The molecule has 5 heteroatoms. The van der Waals surface area contributed by atoms with Gasteiger partial charge in [0.25, 0.3) is 0 Å². The summed E-state index contributed by atoms with van der Waals surface area (Å²) in [6.45, 7) is 0.305. The molecule has 0 aliphatic carbocycles. The Morgan fingerprint density at radius 3 is 2.04 bits per heavy atom. The number of para-hydroxylation sites is 1. The molecule has 0 spiro atoms. The average Bonchev–Trinajstić information content (AvgIpc) is 2.73. The molecule has 5 nitrogen and oxygen atoms in total. The smallest absolute Gasteiger partial charge is 0.316 e. The van der Waals surface area contributed by atoms with Crippen molar-refractivity contribution in [1.82, 2.24) is 0 Å². The van der Waals surface area contributed by atoms with Crippen LogP contribution in [0.1, 0.15) is 5.56 Å². The molecule has 0 aliphatic rings. The predicted octanol–water partition coefficient (Wildman–Crippen LogP) is 3.87. The highest BCUT2D eigenvalue weighted by Gasteiger charge is 2.23. The van der Waals surface area contributed by atoms with Gasteiger partial charge in [-0.15, -0.1) is 0 Å². The molecule has 2 amide bonds. The number of hydrogen-bond donors (Lipinski definition) is 1. The largest absolute Gasteiger partial charge is 0.497 e. The molecule has 0 atom stereocenters. The first-order valence-electron chi connectivity index (χ1n) is 8.53. The number of nitrogens with zero attached hydrogens (tertiary/aromatic N) is 1. The molecule has 0 radical (unpaired) electrons. The summed E-state index contributed by atoms with van der Waals surface area (Å²) < 4.78 is 5.10. The van der Waals surface area contributed by atoms with Crippen molar-refractivity contribution in [2.24, 2.45) is 0 Å². The van der Waals surface area contributed by atoms with Gasteiger partial charge in [0.05, 0.1) is 13.7 Å². The molecule has 0 saturated heterocycles. The van der Waals surface area contributed by atoms with E-state index in [9.17, 15) is 9.59 Å². The molecule has 136 valence electrons. The van der Waals surface area contributed by atoms with Crippen molar-refractivity contribution in [3.63, 3.8) is 0 Å². The Morgan fingerprint density at radius 2 is 1.44 bits per heavy atom. The van der Waals surface area contributed by atoms with Crippen LogP contribution in [0.3, 0.4) is 0 Å². The zero-order valence-electron chi connectivity index (χ0n) is 15.0. The van der Waals surface area contributed by atoms with Crippen LogP contribution < -0.4 is 15.0 Å². The minimum atomic E-state index is -0.694. The molecule has 27 heavy (non-hydrogen) atoms. The van der Waals surface area contributed by atoms with Crippen LogP contribution in [0, 0.1) is 0 Å². The minimum Gasteiger partial charge on any atom is -0.497 e. The topological polar surface area (TPSA) is 58.6 Å². The number of carbonyl (C=O) groups is 2. The number of anilines is 2. The second-order valence-corrected chi connectivity index (χ2v) is 5.90. The molecule has 0 aliphatic heterocycles. The van der Waals surface area contributed by atoms with Crippen LogP contribution in [0.25, 0.3) is 0 Å². The lowest BCUT2D eigenvalue weighted by Gasteiger charge is -2.22. The Hall–Kier alpha value is -3.60. The lowest BCUT2D eigenvalue weighted by atomic mass is 10.2. The Morgan fingerprint density at radius 1 is 0.852 bits per heavy atom. The molecule has 3 rings (SSSR count). The lowest BCUT2D eigenvalue weighted by Crippen LogP contribution is -2.39. The van der Waals surface area contributed by atoms with Crippen molar-refractivity contribution in [3.8, 4) is 5.75 Å². The van der Waals surface area contributed by atoms with E-state index in [4.69, 9.17) is 4.74 Å². The molecular weight excluding hydrogens is 340 g/mol. The lowest BCUT2D eigenvalue weighted by molar-refractivity contribution is -0.134. The molecule has 3 aromatic rings. The first-order valence-corrected chi connectivity index (χ1v) is 8.53. The SMILES string of the molecule is COc1ccc(NC(=O)C(=O)N(Cc2ccccc2)c2ccccc2)cc1. The molecule has 0 heterocycles. The third kappa shape index (κ3) is 4.73. The molecule has 0 aromatic heterocycles. The number of benzene rings is 3. The maximum Gasteiger partial charge on any atom is 0.316 e. The van der Waals surface area contributed by atoms with Gasteiger partial charge >= 0.3 is 11.8 Å². The monoisotopic (exact) mass is 360 g/mol. The molecular formula is C22H20N2O3. The number of ether oxygens (including phenoxy) is 1. The Bertz CT molecular complexity index is 894. The number of rotatable bonds is 5. The molecule has 0 unspecified atom stereocenters. The van der Waals surface area contributed by atoms with Gasteiger partial charge in [-0.1, -0.05) is 48.5 Å². The summed E-state index contributed by atoms with van der Waals surface area (Å²) >= 11 is 0. The van der Waals surface area contributed by atoms with Gasteiger partial charge in [-0.05, 0) is 42.0 Å². The number of amides is 2. The van der Waals surface area contributed by atoms with Crippen molar-refractivity contribution in [2.45, 2.75) is 6.54 Å². The highest BCUT2D eigenvalue weighted by Crippen LogP contribution is 2.19. The summed E-state index contributed by atoms with van der Waals surface area (Å²) in [6.07, 6.45) is 0. The van der Waals surface area contributed by atoms with Crippen molar-refractivity contribution in [1.29, 1.82) is 0 Å². The van der Waals surface area contributed by atoms with Gasteiger partial charge in [0, 0.05) is 11.4 Å². The summed E-state index contributed by atoms with van der Waals surface area (Å²) in [7, 11) is 1.57. The summed E-state index contributed by atoms with van der Waals surface area (Å²) in [6, 6.07) is 25.5. The van der Waals surface area contributed by atoms with Crippen molar-refractivity contribution < 1.29 is 14.3 Å². The number of carbonyl (C=O) groups excluding carboxylic acids is 2. The van der Waals surface area contributed by atoms with Gasteiger partial charge in [-0.25, -0.2) is 0 Å². The van der Waals surface area contributed by atoms with E-state index in [0.29, 0.717) is 23.7 Å². The van der Waals surface area contributed by atoms with E-state index in [1.165, 1.54) is 4.90 Å². The Balaban J connectivity index is 1.80. The second-order valence-electron chi connectivity index (χ2n) is 5.90. The molecule has 1 N–H and O–H groups in total. The fraction of sp³-hybridized carbons (Fsp3) is 0.0909. The first-order chi connectivity index (χ1) is 13.2. The zero-order valence-corrected chi connectivity index (χ0v) is 15.0. The molecule has 3 aromatic carbocycles. The summed E-state index contributed by atoms with van der Waals surface area (Å²) in [5.74, 6) is -0.643. The van der Waals surface area contributed by atoms with Crippen LogP contribution in [0.2, 0.25) is 0 Å². The van der Waals surface area contributed by atoms with Gasteiger partial charge < -0.3 is 10.1 Å². The highest BCUT2D eigenvalue weighted by atomic mass is 16.5. The minimum absolute atomic E-state index is 0.305. The molecule has 0 fully saturated rings. The van der Waals surface area contributed by atoms with Crippen LogP contribution in [0.15, 0.2) is 84.9 Å². The number of hydrogen-bond acceptors (Lipinski definition) is 3. The van der Waals surface area contributed by atoms with Crippen LogP contribution in [0.5, 0.6) is 5.75 Å². The van der Waals surface area contributed by atoms with Crippen molar-refractivity contribution >= 4 is 23.2 Å². The van der Waals surface area contributed by atoms with Gasteiger partial charge in [0.1, 0.15) is 5.75 Å². The standard InChI is InChI=1S/C22H20N2O3/c1-27-20-14-12-18(13-15-20)23-21(25)22(26)24(19-10-6-3-7-11-19)16-17-8-4-2-5-9-17/h2-15H,16H2,1H3,(H,23,25). The average molecular weight is 360 g/mol. The quantitative estimate of drug-likeness (QED) is 0.703. The van der Waals surface area contributed by atoms with E-state index in [2.05, 4.69) is 5.32 Å². The van der Waals surface area contributed by atoms with E-state index in [-0.39, 0.29) is 0 Å². The molecule has 0 saturated carbocycles. The first kappa shape index (κ1) is 18.2. The van der Waals surface area contributed by atoms with Crippen LogP contribution in [0.4, 0.5) is 11.4 Å². The zero-order chi connectivity index (χ0) is 19.1. The second kappa shape index (κ2) is 8.67. The maximum atomic E-state index is 12.9. The van der Waals surface area contributed by atoms with Crippen LogP contribution in [-0.2, 0) is 16.1 Å². The van der Waals surface area contributed by atoms with Gasteiger partial charge in [-0.3, -0.25) is 14.5 Å². The maximum absolute atomic E-state index is 12.9. The van der Waals surface area contributed by atoms with Gasteiger partial charge in [-0.2, -0.15) is 0 Å². The summed E-state index contributed by atoms with van der Waals surface area (Å²) in [4.78, 5) is 26.9. The van der Waals surface area contributed by atoms with Gasteiger partial charge in [0.15, 0.2) is 0 Å². The normalized spacial score (nSPS) is 10.1. The number of methoxy groups -OCH3 is 1. The van der Waals surface area contributed by atoms with Crippen molar-refractivity contribution in [2.75, 3.05) is 17.3 Å². The van der Waals surface area contributed by atoms with Crippen LogP contribution in [-0.4, -0.2) is 18.9 Å². The Kier molecular flexibility index (Phi) is 5.84. The third-order valence-corrected chi connectivity index (χ3v) is 4.04. The summed E-state index contributed by atoms with van der Waals surface area (Å²) in [5, 5.41) is 2.64. The third-order valence-electron chi connectivity index (χ3n) is 4.04. The van der Waals surface area contributed by atoms with E-state index < -0.39 is 11.8 Å².